The Morgan fingerprint density at radius 1 is 0.925 bits per heavy atom. The average Bonchev–Trinajstić information content (AvgIpc) is 3.32. The van der Waals surface area contributed by atoms with Gasteiger partial charge in [0, 0.05) is 40.0 Å². The normalized spacial score (nSPS) is 45.3. The minimum absolute atomic E-state index is 0.000632. The van der Waals surface area contributed by atoms with E-state index in [1.165, 1.54) is 0 Å². The molecule has 3 aliphatic carbocycles. The van der Waals surface area contributed by atoms with E-state index in [1.807, 2.05) is 6.92 Å². The van der Waals surface area contributed by atoms with Gasteiger partial charge in [0.1, 0.15) is 6.10 Å². The number of amides is 2. The molecule has 3 saturated heterocycles. The van der Waals surface area contributed by atoms with Crippen LogP contribution in [0.4, 0.5) is 0 Å². The monoisotopic (exact) mass is 561 g/mol. The summed E-state index contributed by atoms with van der Waals surface area (Å²) in [5.41, 5.74) is 0. The van der Waals surface area contributed by atoms with Crippen LogP contribution in [0, 0.1) is 29.6 Å². The SMILES string of the molecule is COC1CCC(CNC(=O)[C@@H](C)OC2CCC3C(C2)C2CCNC4C5CCC(OC)C(OC)C5C(=O)N3C24)CC1. The summed E-state index contributed by atoms with van der Waals surface area (Å²) in [5, 5.41) is 7.01. The molecule has 3 aliphatic heterocycles. The van der Waals surface area contributed by atoms with E-state index in [0.29, 0.717) is 35.8 Å². The number of hydrogen-bond donors (Lipinski definition) is 2. The van der Waals surface area contributed by atoms with Crippen molar-refractivity contribution in [2.75, 3.05) is 34.4 Å². The molecule has 0 aromatic carbocycles. The van der Waals surface area contributed by atoms with Crippen molar-refractivity contribution < 1.29 is 28.5 Å². The summed E-state index contributed by atoms with van der Waals surface area (Å²) in [6.07, 6.45) is 9.95. The Labute approximate surface area is 239 Å². The van der Waals surface area contributed by atoms with Gasteiger partial charge in [-0.1, -0.05) is 0 Å². The number of fused-ring (bicyclic) bond motifs is 5. The average molecular weight is 562 g/mol. The predicted molar refractivity (Wildman–Crippen MR) is 150 cm³/mol. The maximum Gasteiger partial charge on any atom is 0.248 e. The molecule has 0 aromatic heterocycles. The van der Waals surface area contributed by atoms with Crippen molar-refractivity contribution in [2.24, 2.45) is 29.6 Å². The molecule has 3 saturated carbocycles. The van der Waals surface area contributed by atoms with E-state index in [4.69, 9.17) is 18.9 Å². The van der Waals surface area contributed by atoms with Crippen molar-refractivity contribution in [3.8, 4) is 0 Å². The molecule has 2 amide bonds. The molecule has 0 bridgehead atoms. The molecule has 0 spiro atoms. The van der Waals surface area contributed by atoms with Crippen molar-refractivity contribution >= 4 is 11.8 Å². The first-order valence-corrected chi connectivity index (χ1v) is 16.0. The highest BCUT2D eigenvalue weighted by molar-refractivity contribution is 5.83. The first kappa shape index (κ1) is 28.8. The highest BCUT2D eigenvalue weighted by Gasteiger charge is 2.64. The van der Waals surface area contributed by atoms with Crippen LogP contribution in [0.3, 0.4) is 0 Å². The van der Waals surface area contributed by atoms with Gasteiger partial charge in [-0.05, 0) is 101 Å². The highest BCUT2D eigenvalue weighted by atomic mass is 16.5. The third-order valence-corrected chi connectivity index (χ3v) is 11.7. The number of piperidine rings is 2. The van der Waals surface area contributed by atoms with Crippen LogP contribution in [0.25, 0.3) is 0 Å². The van der Waals surface area contributed by atoms with Crippen LogP contribution in [-0.2, 0) is 28.5 Å². The molecular weight excluding hydrogens is 510 g/mol. The summed E-state index contributed by atoms with van der Waals surface area (Å²) in [7, 11) is 5.26. The number of carbonyl (C=O) groups is 2. The lowest BCUT2D eigenvalue weighted by molar-refractivity contribution is -0.175. The van der Waals surface area contributed by atoms with Crippen molar-refractivity contribution in [2.45, 2.75) is 120 Å². The van der Waals surface area contributed by atoms with Gasteiger partial charge in [-0.2, -0.15) is 0 Å². The van der Waals surface area contributed by atoms with Crippen LogP contribution in [0.5, 0.6) is 0 Å². The molecular formula is C31H51N3O6. The molecule has 10 unspecified atom stereocenters. The van der Waals surface area contributed by atoms with Crippen LogP contribution in [0.1, 0.15) is 71.1 Å². The van der Waals surface area contributed by atoms with Crippen LogP contribution in [0.2, 0.25) is 0 Å². The summed E-state index contributed by atoms with van der Waals surface area (Å²) < 4.78 is 23.6. The molecule has 9 nitrogen and oxygen atoms in total. The van der Waals surface area contributed by atoms with E-state index in [2.05, 4.69) is 15.5 Å². The second-order valence-corrected chi connectivity index (χ2v) is 13.5. The van der Waals surface area contributed by atoms with Gasteiger partial charge >= 0.3 is 0 Å². The zero-order valence-corrected chi connectivity index (χ0v) is 24.9. The predicted octanol–water partition coefficient (Wildman–Crippen LogP) is 2.51. The van der Waals surface area contributed by atoms with Crippen molar-refractivity contribution in [1.29, 1.82) is 0 Å². The third kappa shape index (κ3) is 5.12. The lowest BCUT2D eigenvalue weighted by Gasteiger charge is -2.55. The number of rotatable bonds is 8. The van der Waals surface area contributed by atoms with Gasteiger partial charge in [0.05, 0.1) is 36.4 Å². The van der Waals surface area contributed by atoms with Gasteiger partial charge in [0.15, 0.2) is 0 Å². The topological polar surface area (TPSA) is 98.4 Å². The maximum absolute atomic E-state index is 14.2. The number of ether oxygens (including phenoxy) is 4. The smallest absolute Gasteiger partial charge is 0.248 e. The highest BCUT2D eigenvalue weighted by Crippen LogP contribution is 2.54. The van der Waals surface area contributed by atoms with Crippen molar-refractivity contribution in [3.05, 3.63) is 0 Å². The molecule has 0 aromatic rings. The molecule has 0 radical (unpaired) electrons. The third-order valence-electron chi connectivity index (χ3n) is 11.7. The Morgan fingerprint density at radius 3 is 2.42 bits per heavy atom. The quantitative estimate of drug-likeness (QED) is 0.470. The van der Waals surface area contributed by atoms with E-state index >= 15 is 0 Å². The number of methoxy groups -OCH3 is 3. The van der Waals surface area contributed by atoms with Crippen LogP contribution in [0.15, 0.2) is 0 Å². The fourth-order valence-electron chi connectivity index (χ4n) is 9.77. The van der Waals surface area contributed by atoms with E-state index in [0.717, 1.165) is 77.3 Å². The Bertz CT molecular complexity index is 912. The largest absolute Gasteiger partial charge is 0.381 e. The molecule has 6 rings (SSSR count). The molecule has 6 fully saturated rings. The first-order chi connectivity index (χ1) is 19.4. The Kier molecular flexibility index (Phi) is 8.76. The summed E-state index contributed by atoms with van der Waals surface area (Å²) in [6.45, 7) is 3.62. The molecule has 3 heterocycles. The fourth-order valence-corrected chi connectivity index (χ4v) is 9.77. The first-order valence-electron chi connectivity index (χ1n) is 16.0. The second kappa shape index (κ2) is 12.2. The molecule has 226 valence electrons. The second-order valence-electron chi connectivity index (χ2n) is 13.5. The van der Waals surface area contributed by atoms with Gasteiger partial charge in [0.2, 0.25) is 11.8 Å². The summed E-state index contributed by atoms with van der Waals surface area (Å²) in [4.78, 5) is 29.4. The number of nitrogens with one attached hydrogen (secondary N) is 2. The van der Waals surface area contributed by atoms with Crippen molar-refractivity contribution in [3.63, 3.8) is 0 Å². The Balaban J connectivity index is 1.08. The van der Waals surface area contributed by atoms with Crippen LogP contribution >= 0.6 is 0 Å². The Hall–Kier alpha value is -1.26. The zero-order chi connectivity index (χ0) is 28.0. The van der Waals surface area contributed by atoms with Crippen LogP contribution in [-0.4, -0.2) is 99.8 Å². The molecule has 40 heavy (non-hydrogen) atoms. The van der Waals surface area contributed by atoms with Gasteiger partial charge in [-0.25, -0.2) is 0 Å². The summed E-state index contributed by atoms with van der Waals surface area (Å²) in [6, 6.07) is 0.852. The van der Waals surface area contributed by atoms with E-state index in [9.17, 15) is 9.59 Å². The number of carbonyl (C=O) groups excluding carboxylic acids is 2. The van der Waals surface area contributed by atoms with E-state index in [-0.39, 0.29) is 48.1 Å². The Morgan fingerprint density at radius 2 is 1.70 bits per heavy atom. The standard InChI is InChI=1S/C31H51N3O6/c1-17(30(35)33-16-18-5-7-19(37-2)8-6-18)40-20-9-11-24-23(15-20)21-13-14-32-27-22-10-12-25(38-3)29(39-4)26(22)31(36)34(24)28(21)27/h17-29,32H,5-16H2,1-4H3,(H,33,35)/t17-,18?,19?,20?,21?,22?,23?,24?,25?,26?,27?,28?,29?/m1/s1. The zero-order valence-electron chi connectivity index (χ0n) is 24.9. The number of nitrogens with zero attached hydrogens (tertiary/aromatic N) is 1. The van der Waals surface area contributed by atoms with E-state index < -0.39 is 6.10 Å². The molecule has 6 aliphatic rings. The van der Waals surface area contributed by atoms with Crippen LogP contribution < -0.4 is 10.6 Å². The van der Waals surface area contributed by atoms with E-state index in [1.54, 1.807) is 21.3 Å². The van der Waals surface area contributed by atoms with Gasteiger partial charge in [0.25, 0.3) is 0 Å². The summed E-state index contributed by atoms with van der Waals surface area (Å²) in [5.74, 6) is 1.90. The lowest BCUT2D eigenvalue weighted by Crippen LogP contribution is -2.70. The molecule has 2 N–H and O–H groups in total. The summed E-state index contributed by atoms with van der Waals surface area (Å²) >= 11 is 0. The lowest BCUT2D eigenvalue weighted by atomic mass is 9.64. The number of hydrogen-bond acceptors (Lipinski definition) is 7. The molecule has 11 atom stereocenters. The minimum atomic E-state index is -0.459. The van der Waals surface area contributed by atoms with Crippen molar-refractivity contribution in [1.82, 2.24) is 15.5 Å². The maximum atomic E-state index is 14.2. The van der Waals surface area contributed by atoms with Gasteiger partial charge < -0.3 is 34.5 Å². The molecule has 9 heteroatoms. The minimum Gasteiger partial charge on any atom is -0.381 e. The van der Waals surface area contributed by atoms with Gasteiger partial charge in [-0.15, -0.1) is 0 Å². The fraction of sp³-hybridized carbons (Fsp3) is 0.935. The van der Waals surface area contributed by atoms with Gasteiger partial charge in [-0.3, -0.25) is 9.59 Å².